The minimum absolute atomic E-state index is 0.508. The van der Waals surface area contributed by atoms with E-state index in [0.29, 0.717) is 12.6 Å². The number of nitrogens with one attached hydrogen (secondary N) is 1. The third kappa shape index (κ3) is 4.53. The molecule has 0 saturated carbocycles. The lowest BCUT2D eigenvalue weighted by Crippen LogP contribution is -2.21. The van der Waals surface area contributed by atoms with E-state index in [2.05, 4.69) is 51.7 Å². The zero-order valence-corrected chi connectivity index (χ0v) is 12.0. The van der Waals surface area contributed by atoms with Crippen molar-refractivity contribution in [3.63, 3.8) is 0 Å². The van der Waals surface area contributed by atoms with Crippen molar-refractivity contribution in [1.82, 2.24) is 5.32 Å². The molecule has 2 heteroatoms. The fraction of sp³-hybridized carbons (Fsp3) is 0.500. The fourth-order valence-electron chi connectivity index (χ4n) is 1.94. The Morgan fingerprint density at radius 2 is 1.89 bits per heavy atom. The van der Waals surface area contributed by atoms with E-state index in [4.69, 9.17) is 4.74 Å². The van der Waals surface area contributed by atoms with Gasteiger partial charge in [0, 0.05) is 12.6 Å². The Balaban J connectivity index is 2.73. The summed E-state index contributed by atoms with van der Waals surface area (Å²) in [5, 5.41) is 3.43. The Hall–Kier alpha value is -1.28. The number of ether oxygens (including phenoxy) is 1. The van der Waals surface area contributed by atoms with E-state index in [9.17, 15) is 0 Å². The molecule has 0 heterocycles. The normalized spacial score (nSPS) is 10.7. The molecule has 1 aromatic carbocycles. The fourth-order valence-corrected chi connectivity index (χ4v) is 1.94. The van der Waals surface area contributed by atoms with E-state index in [1.54, 1.807) is 0 Å². The molecule has 1 aromatic rings. The van der Waals surface area contributed by atoms with Crippen LogP contribution in [0.1, 0.15) is 37.0 Å². The molecule has 0 aromatic heterocycles. The highest BCUT2D eigenvalue weighted by molar-refractivity contribution is 5.43. The average molecular weight is 247 g/mol. The van der Waals surface area contributed by atoms with Crippen LogP contribution >= 0.6 is 0 Å². The van der Waals surface area contributed by atoms with Crippen LogP contribution in [0.25, 0.3) is 0 Å². The zero-order valence-electron chi connectivity index (χ0n) is 12.0. The molecule has 0 aliphatic carbocycles. The summed E-state index contributed by atoms with van der Waals surface area (Å²) in [5.41, 5.74) is 3.73. The van der Waals surface area contributed by atoms with Gasteiger partial charge in [-0.3, -0.25) is 0 Å². The molecule has 0 atom stereocenters. The van der Waals surface area contributed by atoms with E-state index in [1.807, 2.05) is 6.08 Å². The van der Waals surface area contributed by atoms with Gasteiger partial charge in [0.2, 0.25) is 0 Å². The highest BCUT2D eigenvalue weighted by atomic mass is 16.5. The molecular formula is C16H25NO. The molecule has 0 saturated heterocycles. The van der Waals surface area contributed by atoms with Crippen LogP contribution in [0.4, 0.5) is 0 Å². The number of hydrogen-bond acceptors (Lipinski definition) is 2. The largest absolute Gasteiger partial charge is 0.493 e. The summed E-state index contributed by atoms with van der Waals surface area (Å²) in [6.07, 6.45) is 2.77. The first-order valence-electron chi connectivity index (χ1n) is 6.61. The highest BCUT2D eigenvalue weighted by Crippen LogP contribution is 2.25. The van der Waals surface area contributed by atoms with E-state index in [-0.39, 0.29) is 0 Å². The maximum Gasteiger partial charge on any atom is 0.125 e. The maximum atomic E-state index is 5.80. The predicted octanol–water partition coefficient (Wildman–Crippen LogP) is 3.76. The van der Waals surface area contributed by atoms with Gasteiger partial charge in [-0.25, -0.2) is 0 Å². The summed E-state index contributed by atoms with van der Waals surface area (Å²) < 4.78 is 5.80. The van der Waals surface area contributed by atoms with Crippen LogP contribution in [-0.4, -0.2) is 12.6 Å². The van der Waals surface area contributed by atoms with Crippen molar-refractivity contribution in [2.24, 2.45) is 0 Å². The van der Waals surface area contributed by atoms with Crippen molar-refractivity contribution in [2.75, 3.05) is 6.61 Å². The second-order valence-electron chi connectivity index (χ2n) is 5.02. The lowest BCUT2D eigenvalue weighted by molar-refractivity contribution is 0.320. The molecule has 18 heavy (non-hydrogen) atoms. The monoisotopic (exact) mass is 247 g/mol. The molecule has 0 aliphatic heterocycles. The number of hydrogen-bond donors (Lipinski definition) is 1. The summed E-state index contributed by atoms with van der Waals surface area (Å²) in [6.45, 7) is 13.8. The summed E-state index contributed by atoms with van der Waals surface area (Å²) >= 11 is 0. The third-order valence-electron chi connectivity index (χ3n) is 2.80. The SMILES string of the molecule is C=CCCOc1c(C)cc(CNC(C)C)cc1C. The quantitative estimate of drug-likeness (QED) is 0.585. The third-order valence-corrected chi connectivity index (χ3v) is 2.80. The lowest BCUT2D eigenvalue weighted by atomic mass is 10.1. The van der Waals surface area contributed by atoms with Crippen LogP contribution in [-0.2, 0) is 6.54 Å². The Morgan fingerprint density at radius 1 is 1.28 bits per heavy atom. The Kier molecular flexibility index (Phi) is 5.93. The Labute approximate surface area is 111 Å². The average Bonchev–Trinajstić information content (AvgIpc) is 2.30. The standard InChI is InChI=1S/C16H25NO/c1-6-7-8-18-16-13(4)9-15(10-14(16)5)11-17-12(2)3/h6,9-10,12,17H,1,7-8,11H2,2-5H3. The van der Waals surface area contributed by atoms with Crippen LogP contribution in [0.3, 0.4) is 0 Å². The first-order valence-corrected chi connectivity index (χ1v) is 6.61. The first kappa shape index (κ1) is 14.8. The van der Waals surface area contributed by atoms with Crippen LogP contribution in [0.5, 0.6) is 5.75 Å². The molecular weight excluding hydrogens is 222 g/mol. The van der Waals surface area contributed by atoms with Crippen LogP contribution in [0.2, 0.25) is 0 Å². The minimum Gasteiger partial charge on any atom is -0.493 e. The summed E-state index contributed by atoms with van der Waals surface area (Å²) in [6, 6.07) is 4.91. The van der Waals surface area contributed by atoms with Crippen LogP contribution in [0, 0.1) is 13.8 Å². The molecule has 0 fully saturated rings. The molecule has 0 radical (unpaired) electrons. The summed E-state index contributed by atoms with van der Waals surface area (Å²) in [5.74, 6) is 1.02. The zero-order chi connectivity index (χ0) is 13.5. The van der Waals surface area contributed by atoms with Gasteiger partial charge in [-0.1, -0.05) is 32.1 Å². The number of aryl methyl sites for hydroxylation is 2. The molecule has 0 spiro atoms. The highest BCUT2D eigenvalue weighted by Gasteiger charge is 2.06. The van der Waals surface area contributed by atoms with Gasteiger partial charge in [0.1, 0.15) is 5.75 Å². The second kappa shape index (κ2) is 7.22. The first-order chi connectivity index (χ1) is 8.54. The topological polar surface area (TPSA) is 21.3 Å². The molecule has 2 nitrogen and oxygen atoms in total. The van der Waals surface area contributed by atoms with E-state index >= 15 is 0 Å². The van der Waals surface area contributed by atoms with Gasteiger partial charge in [0.15, 0.2) is 0 Å². The maximum absolute atomic E-state index is 5.80. The molecule has 1 N–H and O–H groups in total. The molecule has 1 rings (SSSR count). The second-order valence-corrected chi connectivity index (χ2v) is 5.02. The smallest absolute Gasteiger partial charge is 0.125 e. The van der Waals surface area contributed by atoms with E-state index in [1.165, 1.54) is 16.7 Å². The molecule has 100 valence electrons. The minimum atomic E-state index is 0.508. The molecule has 0 bridgehead atoms. The van der Waals surface area contributed by atoms with Crippen molar-refractivity contribution in [1.29, 1.82) is 0 Å². The van der Waals surface area contributed by atoms with Crippen molar-refractivity contribution in [3.05, 3.63) is 41.5 Å². The predicted molar refractivity (Wildman–Crippen MR) is 78.2 cm³/mol. The number of benzene rings is 1. The van der Waals surface area contributed by atoms with Gasteiger partial charge < -0.3 is 10.1 Å². The van der Waals surface area contributed by atoms with E-state index < -0.39 is 0 Å². The van der Waals surface area contributed by atoms with Crippen molar-refractivity contribution in [3.8, 4) is 5.75 Å². The molecule has 0 aliphatic rings. The van der Waals surface area contributed by atoms with Crippen molar-refractivity contribution in [2.45, 2.75) is 46.7 Å². The van der Waals surface area contributed by atoms with Gasteiger partial charge in [0.05, 0.1) is 6.61 Å². The van der Waals surface area contributed by atoms with Crippen LogP contribution < -0.4 is 10.1 Å². The Bertz CT molecular complexity index is 373. The molecule has 0 unspecified atom stereocenters. The van der Waals surface area contributed by atoms with Crippen molar-refractivity contribution < 1.29 is 4.74 Å². The molecule has 0 amide bonds. The van der Waals surface area contributed by atoms with Gasteiger partial charge in [-0.2, -0.15) is 0 Å². The van der Waals surface area contributed by atoms with Gasteiger partial charge in [0.25, 0.3) is 0 Å². The van der Waals surface area contributed by atoms with Gasteiger partial charge in [-0.15, -0.1) is 6.58 Å². The summed E-state index contributed by atoms with van der Waals surface area (Å²) in [4.78, 5) is 0. The Morgan fingerprint density at radius 3 is 2.39 bits per heavy atom. The summed E-state index contributed by atoms with van der Waals surface area (Å²) in [7, 11) is 0. The van der Waals surface area contributed by atoms with Crippen LogP contribution in [0.15, 0.2) is 24.8 Å². The number of rotatable bonds is 7. The lowest BCUT2D eigenvalue weighted by Gasteiger charge is -2.15. The van der Waals surface area contributed by atoms with Gasteiger partial charge >= 0.3 is 0 Å². The van der Waals surface area contributed by atoms with E-state index in [0.717, 1.165) is 18.7 Å². The van der Waals surface area contributed by atoms with Crippen molar-refractivity contribution >= 4 is 0 Å². The van der Waals surface area contributed by atoms with Gasteiger partial charge in [-0.05, 0) is 37.0 Å².